The lowest BCUT2D eigenvalue weighted by Gasteiger charge is -2.30. The number of aromatic nitrogens is 3. The molecule has 0 unspecified atom stereocenters. The largest absolute Gasteiger partial charge is 0.339 e. The summed E-state index contributed by atoms with van der Waals surface area (Å²) in [6, 6.07) is 9.31. The fourth-order valence-corrected chi connectivity index (χ4v) is 2.99. The third-order valence-corrected chi connectivity index (χ3v) is 4.49. The van der Waals surface area contributed by atoms with Crippen LogP contribution in [-0.4, -0.2) is 39.1 Å². The summed E-state index contributed by atoms with van der Waals surface area (Å²) in [7, 11) is 0. The molecule has 0 atom stereocenters. The highest BCUT2D eigenvalue weighted by atomic mass is 16.2. The number of nitrogens with one attached hydrogen (secondary N) is 1. The number of hydrogen-bond acceptors (Lipinski definition) is 4. The molecule has 1 N–H and O–H groups in total. The van der Waals surface area contributed by atoms with Crippen molar-refractivity contribution >= 4 is 12.0 Å². The average Bonchev–Trinajstić information content (AvgIpc) is 3.15. The van der Waals surface area contributed by atoms with E-state index in [1.54, 1.807) is 24.3 Å². The molecule has 1 saturated heterocycles. The van der Waals surface area contributed by atoms with Crippen LogP contribution in [0.5, 0.6) is 0 Å². The van der Waals surface area contributed by atoms with Gasteiger partial charge >= 0.3 is 0 Å². The van der Waals surface area contributed by atoms with E-state index in [-0.39, 0.29) is 5.91 Å². The maximum Gasteiger partial charge on any atom is 0.246 e. The van der Waals surface area contributed by atoms with Gasteiger partial charge in [-0.3, -0.25) is 9.89 Å². The lowest BCUT2D eigenvalue weighted by atomic mass is 9.96. The zero-order valence-corrected chi connectivity index (χ0v) is 14.3. The molecule has 2 aromatic rings. The SMILES string of the molecule is CCc1nc(C2CCN(C(=O)/C=C/c3cccc(C#N)c3)CC2)n[nH]1. The number of piperidine rings is 1. The fraction of sp³-hybridized carbons (Fsp3) is 0.368. The molecular weight excluding hydrogens is 314 g/mol. The Kier molecular flexibility index (Phi) is 5.24. The van der Waals surface area contributed by atoms with Crippen molar-refractivity contribution < 1.29 is 4.79 Å². The third kappa shape index (κ3) is 4.13. The molecule has 6 nitrogen and oxygen atoms in total. The molecule has 0 aliphatic carbocycles. The highest BCUT2D eigenvalue weighted by molar-refractivity contribution is 5.91. The van der Waals surface area contributed by atoms with Crippen LogP contribution in [0.3, 0.4) is 0 Å². The summed E-state index contributed by atoms with van der Waals surface area (Å²) >= 11 is 0. The van der Waals surface area contributed by atoms with Gasteiger partial charge in [-0.1, -0.05) is 19.1 Å². The van der Waals surface area contributed by atoms with E-state index in [1.165, 1.54) is 0 Å². The number of amides is 1. The Morgan fingerprint density at radius 1 is 1.44 bits per heavy atom. The Morgan fingerprint density at radius 2 is 2.24 bits per heavy atom. The zero-order chi connectivity index (χ0) is 17.6. The number of carbonyl (C=O) groups excluding carboxylic acids is 1. The minimum absolute atomic E-state index is 0.00467. The summed E-state index contributed by atoms with van der Waals surface area (Å²) in [4.78, 5) is 18.7. The Labute approximate surface area is 147 Å². The molecule has 0 saturated carbocycles. The van der Waals surface area contributed by atoms with Crippen molar-refractivity contribution in [1.29, 1.82) is 5.26 Å². The molecule has 0 bridgehead atoms. The lowest BCUT2D eigenvalue weighted by molar-refractivity contribution is -0.127. The van der Waals surface area contributed by atoms with E-state index in [9.17, 15) is 4.79 Å². The summed E-state index contributed by atoms with van der Waals surface area (Å²) in [5, 5.41) is 16.2. The zero-order valence-electron chi connectivity index (χ0n) is 14.3. The van der Waals surface area contributed by atoms with Crippen molar-refractivity contribution in [2.75, 3.05) is 13.1 Å². The summed E-state index contributed by atoms with van der Waals surface area (Å²) in [5.41, 5.74) is 1.45. The molecule has 1 aromatic heterocycles. The van der Waals surface area contributed by atoms with Gasteiger partial charge < -0.3 is 4.90 Å². The number of H-pyrrole nitrogens is 1. The quantitative estimate of drug-likeness (QED) is 0.870. The van der Waals surface area contributed by atoms with Gasteiger partial charge in [-0.2, -0.15) is 10.4 Å². The van der Waals surface area contributed by atoms with Crippen LogP contribution < -0.4 is 0 Å². The van der Waals surface area contributed by atoms with E-state index in [2.05, 4.69) is 21.3 Å². The second-order valence-corrected chi connectivity index (χ2v) is 6.16. The number of nitrogens with zero attached hydrogens (tertiary/aromatic N) is 4. The van der Waals surface area contributed by atoms with Gasteiger partial charge in [0, 0.05) is 31.5 Å². The topological polar surface area (TPSA) is 85.7 Å². The molecule has 1 fully saturated rings. The van der Waals surface area contributed by atoms with Gasteiger partial charge in [0.05, 0.1) is 11.6 Å². The Hall–Kier alpha value is -2.94. The molecule has 3 rings (SSSR count). The maximum atomic E-state index is 12.4. The molecule has 128 valence electrons. The van der Waals surface area contributed by atoms with E-state index in [4.69, 9.17) is 5.26 Å². The number of carbonyl (C=O) groups is 1. The first-order valence-corrected chi connectivity index (χ1v) is 8.58. The maximum absolute atomic E-state index is 12.4. The summed E-state index contributed by atoms with van der Waals surface area (Å²) in [5.74, 6) is 2.10. The molecular formula is C19H21N5O. The highest BCUT2D eigenvalue weighted by Crippen LogP contribution is 2.25. The van der Waals surface area contributed by atoms with E-state index in [1.807, 2.05) is 24.0 Å². The van der Waals surface area contributed by atoms with Crippen molar-refractivity contribution in [3.63, 3.8) is 0 Å². The molecule has 1 aliphatic rings. The first kappa shape index (κ1) is 16.9. The van der Waals surface area contributed by atoms with Crippen molar-refractivity contribution in [3.05, 3.63) is 53.1 Å². The minimum Gasteiger partial charge on any atom is -0.339 e. The Bertz CT molecular complexity index is 809. The summed E-state index contributed by atoms with van der Waals surface area (Å²) in [6.07, 6.45) is 5.95. The van der Waals surface area contributed by atoms with Crippen LogP contribution >= 0.6 is 0 Å². The monoisotopic (exact) mass is 335 g/mol. The average molecular weight is 335 g/mol. The first-order chi connectivity index (χ1) is 12.2. The first-order valence-electron chi connectivity index (χ1n) is 8.58. The van der Waals surface area contributed by atoms with Crippen LogP contribution in [0.25, 0.3) is 6.08 Å². The number of likely N-dealkylation sites (tertiary alicyclic amines) is 1. The van der Waals surface area contributed by atoms with Gasteiger partial charge in [0.2, 0.25) is 5.91 Å². The van der Waals surface area contributed by atoms with Gasteiger partial charge in [-0.05, 0) is 36.6 Å². The Balaban J connectivity index is 1.56. The highest BCUT2D eigenvalue weighted by Gasteiger charge is 2.25. The van der Waals surface area contributed by atoms with E-state index in [0.717, 1.165) is 36.5 Å². The second-order valence-electron chi connectivity index (χ2n) is 6.16. The minimum atomic E-state index is 0.00467. The number of nitriles is 1. The smallest absolute Gasteiger partial charge is 0.246 e. The Morgan fingerprint density at radius 3 is 2.92 bits per heavy atom. The van der Waals surface area contributed by atoms with Crippen molar-refractivity contribution in [1.82, 2.24) is 20.1 Å². The molecule has 25 heavy (non-hydrogen) atoms. The number of rotatable bonds is 4. The summed E-state index contributed by atoms with van der Waals surface area (Å²) < 4.78 is 0. The van der Waals surface area contributed by atoms with Gasteiger partial charge in [0.25, 0.3) is 0 Å². The van der Waals surface area contributed by atoms with Gasteiger partial charge in [-0.15, -0.1) is 0 Å². The van der Waals surface area contributed by atoms with Gasteiger partial charge in [0.15, 0.2) is 5.82 Å². The van der Waals surface area contributed by atoms with Crippen molar-refractivity contribution in [2.45, 2.75) is 32.1 Å². The molecule has 0 radical (unpaired) electrons. The third-order valence-electron chi connectivity index (χ3n) is 4.49. The van der Waals surface area contributed by atoms with Crippen LogP contribution in [-0.2, 0) is 11.2 Å². The van der Waals surface area contributed by atoms with Crippen LogP contribution in [0, 0.1) is 11.3 Å². The molecule has 6 heteroatoms. The van der Waals surface area contributed by atoms with Gasteiger partial charge in [0.1, 0.15) is 5.82 Å². The van der Waals surface area contributed by atoms with E-state index >= 15 is 0 Å². The van der Waals surface area contributed by atoms with Gasteiger partial charge in [-0.25, -0.2) is 4.98 Å². The van der Waals surface area contributed by atoms with Crippen molar-refractivity contribution in [3.8, 4) is 6.07 Å². The standard InChI is InChI=1S/C19H21N5O/c1-2-17-21-19(23-22-17)16-8-10-24(11-9-16)18(25)7-6-14-4-3-5-15(12-14)13-20/h3-7,12,16H,2,8-11H2,1H3,(H,21,22,23)/b7-6+. The second kappa shape index (κ2) is 7.75. The molecule has 0 spiro atoms. The van der Waals surface area contributed by atoms with Crippen LogP contribution in [0.15, 0.2) is 30.3 Å². The summed E-state index contributed by atoms with van der Waals surface area (Å²) in [6.45, 7) is 3.47. The fourth-order valence-electron chi connectivity index (χ4n) is 2.99. The number of aromatic amines is 1. The number of hydrogen-bond donors (Lipinski definition) is 1. The lowest BCUT2D eigenvalue weighted by Crippen LogP contribution is -2.37. The molecule has 1 aliphatic heterocycles. The van der Waals surface area contributed by atoms with Crippen molar-refractivity contribution in [2.24, 2.45) is 0 Å². The molecule has 1 aromatic carbocycles. The molecule has 2 heterocycles. The predicted molar refractivity (Wildman–Crippen MR) is 94.5 cm³/mol. The van der Waals surface area contributed by atoms with Crippen LogP contribution in [0.4, 0.5) is 0 Å². The number of aryl methyl sites for hydroxylation is 1. The van der Waals surface area contributed by atoms with Crippen LogP contribution in [0.2, 0.25) is 0 Å². The van der Waals surface area contributed by atoms with Crippen LogP contribution in [0.1, 0.15) is 48.5 Å². The predicted octanol–water partition coefficient (Wildman–Crippen LogP) is 2.66. The molecule has 1 amide bonds. The van der Waals surface area contributed by atoms with E-state index < -0.39 is 0 Å². The number of benzene rings is 1. The van der Waals surface area contributed by atoms with E-state index in [0.29, 0.717) is 24.6 Å². The normalized spacial score (nSPS) is 15.4.